The van der Waals surface area contributed by atoms with Crippen LogP contribution in [0.3, 0.4) is 0 Å². The van der Waals surface area contributed by atoms with E-state index >= 15 is 0 Å². The zero-order valence-corrected chi connectivity index (χ0v) is 4.43. The van der Waals surface area contributed by atoms with Crippen LogP contribution in [0.25, 0.3) is 0 Å². The molecule has 1 aliphatic carbocycles. The molecule has 2 nitrogen and oxygen atoms in total. The van der Waals surface area contributed by atoms with Gasteiger partial charge in [-0.05, 0) is 19.3 Å². The van der Waals surface area contributed by atoms with Crippen LogP contribution in [0.2, 0.25) is 0 Å². The van der Waals surface area contributed by atoms with Crippen molar-refractivity contribution in [1.82, 2.24) is 0 Å². The fourth-order valence-corrected chi connectivity index (χ4v) is 1.05. The number of hydrogen-bond donors (Lipinski definition) is 2. The second-order valence-corrected chi connectivity index (χ2v) is 2.33. The van der Waals surface area contributed by atoms with Crippen molar-refractivity contribution in [2.45, 2.75) is 31.3 Å². The Morgan fingerprint density at radius 3 is 1.57 bits per heavy atom. The molecule has 1 fully saturated rings. The Labute approximate surface area is 43.9 Å². The summed E-state index contributed by atoms with van der Waals surface area (Å²) in [7, 11) is 0. The second kappa shape index (κ2) is 1.80. The molecule has 1 aliphatic rings. The van der Waals surface area contributed by atoms with Gasteiger partial charge in [0.15, 0.2) is 0 Å². The number of rotatable bonds is 0. The van der Waals surface area contributed by atoms with Crippen molar-refractivity contribution in [3.05, 3.63) is 0 Å². The number of hydrogen-bond acceptors (Lipinski definition) is 2. The summed E-state index contributed by atoms with van der Waals surface area (Å²) in [5.74, 6) is 0. The van der Waals surface area contributed by atoms with Gasteiger partial charge in [-0.15, -0.1) is 0 Å². The first-order valence-corrected chi connectivity index (χ1v) is 2.80. The third-order valence-corrected chi connectivity index (χ3v) is 1.51. The molecule has 0 heterocycles. The van der Waals surface area contributed by atoms with Crippen LogP contribution in [-0.2, 0) is 0 Å². The fourth-order valence-electron chi connectivity index (χ4n) is 1.05. The van der Waals surface area contributed by atoms with E-state index in [1.54, 1.807) is 0 Å². The van der Waals surface area contributed by atoms with E-state index < -0.39 is 0 Å². The van der Waals surface area contributed by atoms with Crippen LogP contribution in [0, 0.1) is 0 Å². The third kappa shape index (κ3) is 1.14. The minimum Gasteiger partial charge on any atom is -0.328 e. The first kappa shape index (κ1) is 5.06. The highest BCUT2D eigenvalue weighted by Crippen LogP contribution is 2.13. The summed E-state index contributed by atoms with van der Waals surface area (Å²) in [5.41, 5.74) is 11.1. The Hall–Kier alpha value is -0.0800. The Morgan fingerprint density at radius 2 is 1.43 bits per heavy atom. The summed E-state index contributed by atoms with van der Waals surface area (Å²) >= 11 is 0. The van der Waals surface area contributed by atoms with Crippen molar-refractivity contribution in [2.75, 3.05) is 0 Å². The molecule has 0 amide bonds. The molecule has 0 aromatic heterocycles. The van der Waals surface area contributed by atoms with Crippen LogP contribution in [0.15, 0.2) is 0 Å². The van der Waals surface area contributed by atoms with Crippen LogP contribution >= 0.6 is 0 Å². The summed E-state index contributed by atoms with van der Waals surface area (Å²) in [6.45, 7) is 0. The van der Waals surface area contributed by atoms with Gasteiger partial charge in [0.25, 0.3) is 0 Å². The highest BCUT2D eigenvalue weighted by molar-refractivity contribution is 4.79. The second-order valence-electron chi connectivity index (χ2n) is 2.33. The molecule has 0 unspecified atom stereocenters. The SMILES string of the molecule is N[C@@H]1CC[C@@H](N)C1. The van der Waals surface area contributed by atoms with Gasteiger partial charge in [-0.3, -0.25) is 0 Å². The van der Waals surface area contributed by atoms with E-state index in [0.29, 0.717) is 12.1 Å². The highest BCUT2D eigenvalue weighted by Gasteiger charge is 2.16. The van der Waals surface area contributed by atoms with Gasteiger partial charge in [0.2, 0.25) is 0 Å². The minimum absolute atomic E-state index is 0.398. The minimum atomic E-state index is 0.398. The van der Waals surface area contributed by atoms with E-state index in [4.69, 9.17) is 11.5 Å². The van der Waals surface area contributed by atoms with Gasteiger partial charge in [-0.2, -0.15) is 0 Å². The number of nitrogens with two attached hydrogens (primary N) is 2. The maximum absolute atomic E-state index is 5.55. The van der Waals surface area contributed by atoms with E-state index in [1.165, 1.54) is 0 Å². The summed E-state index contributed by atoms with van der Waals surface area (Å²) in [6.07, 6.45) is 3.28. The predicted molar refractivity (Wildman–Crippen MR) is 29.8 cm³/mol. The van der Waals surface area contributed by atoms with Gasteiger partial charge >= 0.3 is 0 Å². The summed E-state index contributed by atoms with van der Waals surface area (Å²) in [6, 6.07) is 0.796. The lowest BCUT2D eigenvalue weighted by Crippen LogP contribution is -2.20. The molecule has 42 valence electrons. The molecule has 0 saturated heterocycles. The largest absolute Gasteiger partial charge is 0.328 e. The summed E-state index contributed by atoms with van der Waals surface area (Å²) in [4.78, 5) is 0. The van der Waals surface area contributed by atoms with Crippen molar-refractivity contribution in [2.24, 2.45) is 11.5 Å². The van der Waals surface area contributed by atoms with Gasteiger partial charge in [0.05, 0.1) is 0 Å². The van der Waals surface area contributed by atoms with Crippen molar-refractivity contribution in [3.8, 4) is 0 Å². The van der Waals surface area contributed by atoms with Crippen molar-refractivity contribution in [1.29, 1.82) is 0 Å². The van der Waals surface area contributed by atoms with Crippen LogP contribution in [0.4, 0.5) is 0 Å². The third-order valence-electron chi connectivity index (χ3n) is 1.51. The maximum Gasteiger partial charge on any atom is 0.00541 e. The Kier molecular flexibility index (Phi) is 1.30. The summed E-state index contributed by atoms with van der Waals surface area (Å²) in [5, 5.41) is 0. The van der Waals surface area contributed by atoms with Gasteiger partial charge < -0.3 is 11.5 Å². The fraction of sp³-hybridized carbons (Fsp3) is 1.00. The predicted octanol–water partition coefficient (Wildman–Crippen LogP) is -0.175. The molecule has 1 saturated carbocycles. The van der Waals surface area contributed by atoms with E-state index in [0.717, 1.165) is 19.3 Å². The van der Waals surface area contributed by atoms with Gasteiger partial charge in [0, 0.05) is 12.1 Å². The molecule has 2 atom stereocenters. The maximum atomic E-state index is 5.55. The summed E-state index contributed by atoms with van der Waals surface area (Å²) < 4.78 is 0. The molecule has 0 aliphatic heterocycles. The standard InChI is InChI=1S/C5H12N2/c6-4-1-2-5(7)3-4/h4-5H,1-3,6-7H2/t4-,5-/m1/s1. The molecule has 4 N–H and O–H groups in total. The van der Waals surface area contributed by atoms with Gasteiger partial charge in [-0.25, -0.2) is 0 Å². The van der Waals surface area contributed by atoms with E-state index in [1.807, 2.05) is 0 Å². The monoisotopic (exact) mass is 100 g/mol. The lowest BCUT2D eigenvalue weighted by atomic mass is 10.2. The van der Waals surface area contributed by atoms with Crippen molar-refractivity contribution >= 4 is 0 Å². The van der Waals surface area contributed by atoms with E-state index in [9.17, 15) is 0 Å². The zero-order chi connectivity index (χ0) is 5.28. The molecule has 7 heavy (non-hydrogen) atoms. The molecule has 0 bridgehead atoms. The molecular formula is C5H12N2. The quantitative estimate of drug-likeness (QED) is 0.444. The van der Waals surface area contributed by atoms with E-state index in [-0.39, 0.29) is 0 Å². The first-order valence-electron chi connectivity index (χ1n) is 2.80. The molecule has 1 rings (SSSR count). The molecule has 0 radical (unpaired) electrons. The topological polar surface area (TPSA) is 52.0 Å². The lowest BCUT2D eigenvalue weighted by Gasteiger charge is -1.97. The van der Waals surface area contributed by atoms with Crippen molar-refractivity contribution < 1.29 is 0 Å². The first-order chi connectivity index (χ1) is 3.29. The van der Waals surface area contributed by atoms with E-state index in [2.05, 4.69) is 0 Å². The smallest absolute Gasteiger partial charge is 0.00541 e. The molecule has 0 aromatic carbocycles. The molecular weight excluding hydrogens is 88.1 g/mol. The van der Waals surface area contributed by atoms with Crippen LogP contribution in [-0.4, -0.2) is 12.1 Å². The van der Waals surface area contributed by atoms with Crippen LogP contribution in [0.5, 0.6) is 0 Å². The van der Waals surface area contributed by atoms with Crippen LogP contribution < -0.4 is 11.5 Å². The van der Waals surface area contributed by atoms with Crippen LogP contribution in [0.1, 0.15) is 19.3 Å². The van der Waals surface area contributed by atoms with Gasteiger partial charge in [-0.1, -0.05) is 0 Å². The molecule has 2 heteroatoms. The Balaban J connectivity index is 2.26. The normalized spacial score (nSPS) is 42.0. The van der Waals surface area contributed by atoms with Gasteiger partial charge in [0.1, 0.15) is 0 Å². The van der Waals surface area contributed by atoms with Crippen molar-refractivity contribution in [3.63, 3.8) is 0 Å². The average molecular weight is 100 g/mol. The highest BCUT2D eigenvalue weighted by atomic mass is 14.7. The Morgan fingerprint density at radius 1 is 1.00 bits per heavy atom. The average Bonchev–Trinajstić information content (AvgIpc) is 1.87. The molecule has 0 aromatic rings. The zero-order valence-electron chi connectivity index (χ0n) is 4.43. The lowest BCUT2D eigenvalue weighted by molar-refractivity contribution is 0.666. The molecule has 0 spiro atoms. The Bertz CT molecular complexity index is 55.1.